The summed E-state index contributed by atoms with van der Waals surface area (Å²) in [6, 6.07) is 6.61. The van der Waals surface area contributed by atoms with Crippen molar-refractivity contribution in [1.29, 1.82) is 0 Å². The molecular weight excluding hydrogens is 323 g/mol. The molecule has 0 bridgehead atoms. The highest BCUT2D eigenvalue weighted by Gasteiger charge is 2.01. The molecular formula is C15H19IO. The summed E-state index contributed by atoms with van der Waals surface area (Å²) in [6.07, 6.45) is 4.15. The molecule has 1 aromatic carbocycles. The van der Waals surface area contributed by atoms with Crippen molar-refractivity contribution < 1.29 is 4.74 Å². The number of ether oxygens (including phenoxy) is 1. The molecule has 0 unspecified atom stereocenters. The normalized spacial score (nSPS) is 12.8. The van der Waals surface area contributed by atoms with Crippen LogP contribution >= 0.6 is 22.6 Å². The lowest BCUT2D eigenvalue weighted by Gasteiger charge is -2.07. The maximum Gasteiger partial charge on any atom is 0.0924 e. The third-order valence-corrected chi connectivity index (χ3v) is 3.68. The van der Waals surface area contributed by atoms with Crippen LogP contribution in [0.3, 0.4) is 0 Å². The zero-order valence-electron chi connectivity index (χ0n) is 10.9. The molecule has 0 atom stereocenters. The number of alkyl halides is 1. The highest BCUT2D eigenvalue weighted by molar-refractivity contribution is 14.1. The third kappa shape index (κ3) is 4.19. The van der Waals surface area contributed by atoms with Gasteiger partial charge >= 0.3 is 0 Å². The SMILES string of the molecule is CO/C(C)=C/C=C(\CI)c1ccc(C)c(C)c1. The van der Waals surface area contributed by atoms with E-state index in [4.69, 9.17) is 4.74 Å². The van der Waals surface area contributed by atoms with Crippen LogP contribution < -0.4 is 0 Å². The van der Waals surface area contributed by atoms with Crippen molar-refractivity contribution >= 4 is 28.2 Å². The van der Waals surface area contributed by atoms with E-state index in [-0.39, 0.29) is 0 Å². The van der Waals surface area contributed by atoms with E-state index in [2.05, 4.69) is 60.7 Å². The van der Waals surface area contributed by atoms with Crippen LogP contribution in [0.25, 0.3) is 5.57 Å². The molecule has 0 aliphatic carbocycles. The van der Waals surface area contributed by atoms with Crippen molar-refractivity contribution in [2.45, 2.75) is 20.8 Å². The van der Waals surface area contributed by atoms with Crippen LogP contribution in [-0.4, -0.2) is 11.5 Å². The van der Waals surface area contributed by atoms with Gasteiger partial charge < -0.3 is 4.74 Å². The molecule has 0 aliphatic heterocycles. The van der Waals surface area contributed by atoms with Gasteiger partial charge in [0.25, 0.3) is 0 Å². The second-order valence-corrected chi connectivity index (χ2v) is 4.87. The van der Waals surface area contributed by atoms with E-state index in [1.165, 1.54) is 22.3 Å². The summed E-state index contributed by atoms with van der Waals surface area (Å²) >= 11 is 2.39. The van der Waals surface area contributed by atoms with Gasteiger partial charge in [-0.05, 0) is 49.1 Å². The quantitative estimate of drug-likeness (QED) is 0.334. The molecule has 1 aromatic rings. The molecule has 0 aliphatic rings. The number of benzene rings is 1. The van der Waals surface area contributed by atoms with E-state index in [0.29, 0.717) is 0 Å². The molecule has 92 valence electrons. The number of rotatable bonds is 4. The minimum atomic E-state index is 0.927. The minimum Gasteiger partial charge on any atom is -0.501 e. The van der Waals surface area contributed by atoms with E-state index >= 15 is 0 Å². The molecule has 1 rings (SSSR count). The number of methoxy groups -OCH3 is 1. The number of hydrogen-bond donors (Lipinski definition) is 0. The van der Waals surface area contributed by atoms with Gasteiger partial charge in [-0.1, -0.05) is 46.9 Å². The van der Waals surface area contributed by atoms with Crippen molar-refractivity contribution in [3.63, 3.8) is 0 Å². The highest BCUT2D eigenvalue weighted by Crippen LogP contribution is 2.20. The van der Waals surface area contributed by atoms with Gasteiger partial charge in [-0.3, -0.25) is 0 Å². The first-order valence-corrected chi connectivity index (χ1v) is 7.16. The van der Waals surface area contributed by atoms with Crippen LogP contribution in [-0.2, 0) is 4.74 Å². The summed E-state index contributed by atoms with van der Waals surface area (Å²) in [5, 5.41) is 0. The minimum absolute atomic E-state index is 0.927. The van der Waals surface area contributed by atoms with E-state index in [1.807, 2.05) is 13.0 Å². The second-order valence-electron chi connectivity index (χ2n) is 4.11. The molecule has 0 spiro atoms. The lowest BCUT2D eigenvalue weighted by molar-refractivity contribution is 0.294. The monoisotopic (exact) mass is 342 g/mol. The highest BCUT2D eigenvalue weighted by atomic mass is 127. The molecule has 1 nitrogen and oxygen atoms in total. The third-order valence-electron chi connectivity index (χ3n) is 2.86. The molecule has 0 heterocycles. The van der Waals surface area contributed by atoms with Crippen LogP contribution in [0.2, 0.25) is 0 Å². The predicted octanol–water partition coefficient (Wildman–Crippen LogP) is 4.67. The lowest BCUT2D eigenvalue weighted by atomic mass is 10.0. The molecule has 0 amide bonds. The van der Waals surface area contributed by atoms with Gasteiger partial charge in [0.2, 0.25) is 0 Å². The Hall–Kier alpha value is -0.770. The zero-order chi connectivity index (χ0) is 12.8. The Kier molecular flexibility index (Phi) is 5.75. The van der Waals surface area contributed by atoms with E-state index in [0.717, 1.165) is 10.2 Å². The molecule has 0 saturated heterocycles. The van der Waals surface area contributed by atoms with Crippen molar-refractivity contribution in [3.05, 3.63) is 52.8 Å². The topological polar surface area (TPSA) is 9.23 Å². The molecule has 0 saturated carbocycles. The van der Waals surface area contributed by atoms with Crippen LogP contribution in [0.15, 0.2) is 36.1 Å². The van der Waals surface area contributed by atoms with Crippen molar-refractivity contribution in [2.24, 2.45) is 0 Å². The fourth-order valence-corrected chi connectivity index (χ4v) is 2.14. The standard InChI is InChI=1S/C15H19IO/c1-11-5-7-14(9-12(11)2)15(10-16)8-6-13(3)17-4/h5-9H,10H2,1-4H3/b13-6+,15-8+. The van der Waals surface area contributed by atoms with Crippen molar-refractivity contribution in [2.75, 3.05) is 11.5 Å². The Morgan fingerprint density at radius 2 is 1.94 bits per heavy atom. The van der Waals surface area contributed by atoms with Gasteiger partial charge in [-0.2, -0.15) is 0 Å². The summed E-state index contributed by atoms with van der Waals surface area (Å²) in [4.78, 5) is 0. The number of hydrogen-bond acceptors (Lipinski definition) is 1. The molecule has 0 aromatic heterocycles. The summed E-state index contributed by atoms with van der Waals surface area (Å²) in [7, 11) is 1.69. The molecule has 0 N–H and O–H groups in total. The largest absolute Gasteiger partial charge is 0.501 e. The molecule has 17 heavy (non-hydrogen) atoms. The van der Waals surface area contributed by atoms with Gasteiger partial charge in [0.1, 0.15) is 0 Å². The van der Waals surface area contributed by atoms with Crippen LogP contribution in [0.5, 0.6) is 0 Å². The molecule has 0 radical (unpaired) electrons. The number of aryl methyl sites for hydroxylation is 2. The zero-order valence-corrected chi connectivity index (χ0v) is 13.0. The first kappa shape index (κ1) is 14.3. The Morgan fingerprint density at radius 1 is 1.24 bits per heavy atom. The maximum absolute atomic E-state index is 5.14. The fourth-order valence-electron chi connectivity index (χ4n) is 1.45. The summed E-state index contributed by atoms with van der Waals surface area (Å²) in [5.41, 5.74) is 5.30. The fraction of sp³-hybridized carbons (Fsp3) is 0.333. The van der Waals surface area contributed by atoms with Crippen LogP contribution in [0, 0.1) is 13.8 Å². The van der Waals surface area contributed by atoms with Gasteiger partial charge in [0, 0.05) is 4.43 Å². The average Bonchev–Trinajstić information content (AvgIpc) is 2.33. The number of halogens is 1. The van der Waals surface area contributed by atoms with E-state index < -0.39 is 0 Å². The Morgan fingerprint density at radius 3 is 2.47 bits per heavy atom. The maximum atomic E-state index is 5.14. The van der Waals surface area contributed by atoms with Crippen molar-refractivity contribution in [1.82, 2.24) is 0 Å². The van der Waals surface area contributed by atoms with Gasteiger partial charge in [-0.15, -0.1) is 0 Å². The number of allylic oxidation sites excluding steroid dienone is 4. The smallest absolute Gasteiger partial charge is 0.0924 e. The van der Waals surface area contributed by atoms with E-state index in [1.54, 1.807) is 7.11 Å². The summed E-state index contributed by atoms with van der Waals surface area (Å²) in [5.74, 6) is 0.927. The summed E-state index contributed by atoms with van der Waals surface area (Å²) in [6.45, 7) is 6.25. The van der Waals surface area contributed by atoms with Gasteiger partial charge in [-0.25, -0.2) is 0 Å². The van der Waals surface area contributed by atoms with Gasteiger partial charge in [0.15, 0.2) is 0 Å². The van der Waals surface area contributed by atoms with Crippen LogP contribution in [0.1, 0.15) is 23.6 Å². The second kappa shape index (κ2) is 6.84. The van der Waals surface area contributed by atoms with Crippen LogP contribution in [0.4, 0.5) is 0 Å². The Balaban J connectivity index is 3.05. The van der Waals surface area contributed by atoms with Gasteiger partial charge in [0.05, 0.1) is 12.9 Å². The lowest BCUT2D eigenvalue weighted by Crippen LogP contribution is -1.89. The summed E-state index contributed by atoms with van der Waals surface area (Å²) < 4.78 is 6.13. The first-order valence-electron chi connectivity index (χ1n) is 5.63. The predicted molar refractivity (Wildman–Crippen MR) is 83.5 cm³/mol. The van der Waals surface area contributed by atoms with Crippen molar-refractivity contribution in [3.8, 4) is 0 Å². The average molecular weight is 342 g/mol. The Bertz CT molecular complexity index is 444. The first-order chi connectivity index (χ1) is 8.08. The molecule has 2 heteroatoms. The Labute approximate surface area is 118 Å². The van der Waals surface area contributed by atoms with E-state index in [9.17, 15) is 0 Å². The molecule has 0 fully saturated rings.